The minimum absolute atomic E-state index is 0.0658. The molecule has 33 heavy (non-hydrogen) atoms. The van der Waals surface area contributed by atoms with Gasteiger partial charge in [-0.2, -0.15) is 13.2 Å². The number of thiazole rings is 1. The fourth-order valence-corrected chi connectivity index (χ4v) is 4.56. The van der Waals surface area contributed by atoms with Gasteiger partial charge in [0.15, 0.2) is 0 Å². The molecular weight excluding hydrogens is 459 g/mol. The van der Waals surface area contributed by atoms with E-state index in [1.54, 1.807) is 4.98 Å². The number of aromatic nitrogens is 1. The van der Waals surface area contributed by atoms with Crippen LogP contribution >= 0.6 is 11.3 Å². The van der Waals surface area contributed by atoms with Crippen molar-refractivity contribution in [3.8, 4) is 5.75 Å². The number of hydrogen-bond acceptors (Lipinski definition) is 6. The normalized spacial score (nSPS) is 16.6. The predicted molar refractivity (Wildman–Crippen MR) is 119 cm³/mol. The highest BCUT2D eigenvalue weighted by atomic mass is 32.1. The number of piperidine rings is 1. The Morgan fingerprint density at radius 3 is 2.58 bits per heavy atom. The molecule has 11 heteroatoms. The summed E-state index contributed by atoms with van der Waals surface area (Å²) in [5.41, 5.74) is 2.19. The number of aryl methyl sites for hydroxylation is 1. The van der Waals surface area contributed by atoms with Crippen LogP contribution in [0, 0.1) is 20.8 Å². The van der Waals surface area contributed by atoms with E-state index in [1.165, 1.54) is 11.1 Å². The van der Waals surface area contributed by atoms with Crippen LogP contribution in [0.25, 0.3) is 0 Å². The molecule has 0 saturated carbocycles. The van der Waals surface area contributed by atoms with Gasteiger partial charge in [0.05, 0.1) is 6.10 Å². The maximum absolute atomic E-state index is 12.9. The molecule has 0 radical (unpaired) electrons. The second kappa shape index (κ2) is 10.3. The van der Waals surface area contributed by atoms with E-state index in [1.807, 2.05) is 24.0 Å². The van der Waals surface area contributed by atoms with Gasteiger partial charge < -0.3 is 25.0 Å². The molecule has 1 amide bonds. The fraction of sp³-hybridized carbons (Fsp3) is 0.545. The van der Waals surface area contributed by atoms with Crippen molar-refractivity contribution in [3.05, 3.63) is 49.1 Å². The number of amides is 1. The van der Waals surface area contributed by atoms with Crippen LogP contribution in [0.15, 0.2) is 16.9 Å². The van der Waals surface area contributed by atoms with E-state index in [-0.39, 0.29) is 30.5 Å². The number of nitrogens with zero attached hydrogens (tertiary/aromatic N) is 1. The van der Waals surface area contributed by atoms with Gasteiger partial charge in [0.2, 0.25) is 0 Å². The number of hydrogen-bond donors (Lipinski definition) is 3. The van der Waals surface area contributed by atoms with Gasteiger partial charge in [0, 0.05) is 26.2 Å². The van der Waals surface area contributed by atoms with Gasteiger partial charge >= 0.3 is 11.0 Å². The van der Waals surface area contributed by atoms with E-state index >= 15 is 0 Å². The van der Waals surface area contributed by atoms with E-state index in [4.69, 9.17) is 4.74 Å². The summed E-state index contributed by atoms with van der Waals surface area (Å²) in [6, 6.07) is 4.03. The van der Waals surface area contributed by atoms with Gasteiger partial charge in [0.1, 0.15) is 22.4 Å². The number of ether oxygens (including phenoxy) is 1. The molecule has 182 valence electrons. The smallest absolute Gasteiger partial charge is 0.432 e. The Labute approximate surface area is 193 Å². The number of β-amino-alcohol motifs (C(OH)–C–C–N with tert-alkyl or cyclic N) is 1. The number of aromatic amines is 1. The first-order chi connectivity index (χ1) is 15.5. The molecule has 2 heterocycles. The van der Waals surface area contributed by atoms with E-state index < -0.39 is 33.6 Å². The van der Waals surface area contributed by atoms with Crippen molar-refractivity contribution in [1.82, 2.24) is 15.2 Å². The molecule has 1 fully saturated rings. The fourth-order valence-electron chi connectivity index (χ4n) is 3.79. The third kappa shape index (κ3) is 6.36. The van der Waals surface area contributed by atoms with Crippen molar-refractivity contribution in [1.29, 1.82) is 0 Å². The van der Waals surface area contributed by atoms with Crippen molar-refractivity contribution in [2.45, 2.75) is 52.0 Å². The summed E-state index contributed by atoms with van der Waals surface area (Å²) < 4.78 is 45.0. The van der Waals surface area contributed by atoms with E-state index in [0.29, 0.717) is 13.1 Å². The summed E-state index contributed by atoms with van der Waals surface area (Å²) >= 11 is 0.191. The molecule has 3 N–H and O–H groups in total. The Morgan fingerprint density at radius 2 is 1.94 bits per heavy atom. The number of rotatable bonds is 7. The van der Waals surface area contributed by atoms with Gasteiger partial charge in [0.25, 0.3) is 5.91 Å². The average molecular weight is 488 g/mol. The molecule has 3 rings (SSSR count). The van der Waals surface area contributed by atoms with E-state index in [9.17, 15) is 27.9 Å². The molecule has 1 aromatic carbocycles. The molecule has 1 atom stereocenters. The van der Waals surface area contributed by atoms with Gasteiger partial charge in [-0.1, -0.05) is 17.4 Å². The third-order valence-corrected chi connectivity index (χ3v) is 6.82. The predicted octanol–water partition coefficient (Wildman–Crippen LogP) is 3.01. The number of carbonyl (C=O) groups excluding carboxylic acids is 1. The SMILES string of the molecule is Cc1ccc(OC2CCN(C[C@H](O)CNC(=O)c3sc(=O)[nH]c3C(F)(F)F)CC2)c(C)c1C. The molecule has 7 nitrogen and oxygen atoms in total. The van der Waals surface area contributed by atoms with Crippen LogP contribution in [0.2, 0.25) is 0 Å². The summed E-state index contributed by atoms with van der Waals surface area (Å²) in [5, 5.41) is 12.5. The van der Waals surface area contributed by atoms with Crippen LogP contribution in [0.5, 0.6) is 5.75 Å². The number of halogens is 3. The van der Waals surface area contributed by atoms with E-state index in [0.717, 1.165) is 24.2 Å². The quantitative estimate of drug-likeness (QED) is 0.558. The first-order valence-corrected chi connectivity index (χ1v) is 11.5. The number of H-pyrrole nitrogens is 1. The number of aliphatic hydroxyl groups is 1. The van der Waals surface area contributed by atoms with E-state index in [2.05, 4.69) is 19.2 Å². The summed E-state index contributed by atoms with van der Waals surface area (Å²) in [7, 11) is 0. The Balaban J connectivity index is 1.45. The lowest BCUT2D eigenvalue weighted by atomic mass is 10.0. The second-order valence-corrected chi connectivity index (χ2v) is 9.31. The zero-order chi connectivity index (χ0) is 24.3. The summed E-state index contributed by atoms with van der Waals surface area (Å²) in [6.07, 6.45) is -4.18. The molecule has 1 aromatic heterocycles. The summed E-state index contributed by atoms with van der Waals surface area (Å²) in [4.78, 5) is 25.4. The molecular formula is C22H28F3N3O4S. The molecule has 1 aliphatic heterocycles. The number of alkyl halides is 3. The molecule has 1 aliphatic rings. The molecule has 1 saturated heterocycles. The first kappa shape index (κ1) is 25.3. The third-order valence-electron chi connectivity index (χ3n) is 5.94. The minimum Gasteiger partial charge on any atom is -0.490 e. The zero-order valence-corrected chi connectivity index (χ0v) is 19.5. The average Bonchev–Trinajstić information content (AvgIpc) is 3.16. The largest absolute Gasteiger partial charge is 0.490 e. The first-order valence-electron chi connectivity index (χ1n) is 10.7. The standard InChI is InChI=1S/C22H28F3N3O4S/c1-12-4-5-17(14(3)13(12)2)32-16-6-8-28(9-7-16)11-15(29)10-26-20(30)18-19(22(23,24)25)27-21(31)33-18/h4-5,15-16,29H,6-11H2,1-3H3,(H,26,30)(H,27,31)/t15-/m1/s1. The highest BCUT2D eigenvalue weighted by Gasteiger charge is 2.38. The Kier molecular flexibility index (Phi) is 7.86. The van der Waals surface area contributed by atoms with Gasteiger partial charge in [-0.15, -0.1) is 0 Å². The number of nitrogens with one attached hydrogen (secondary N) is 2. The molecule has 2 aromatic rings. The van der Waals surface area contributed by atoms with Crippen LogP contribution < -0.4 is 14.9 Å². The van der Waals surface area contributed by atoms with Crippen molar-refractivity contribution < 1.29 is 27.8 Å². The van der Waals surface area contributed by atoms with Crippen molar-refractivity contribution >= 4 is 17.2 Å². The maximum atomic E-state index is 12.9. The highest BCUT2D eigenvalue weighted by molar-refractivity contribution is 7.11. The Bertz CT molecular complexity index is 1040. The number of likely N-dealkylation sites (tertiary alicyclic amines) is 1. The molecule has 0 spiro atoms. The molecule has 0 bridgehead atoms. The van der Waals surface area contributed by atoms with Gasteiger partial charge in [-0.05, 0) is 56.4 Å². The van der Waals surface area contributed by atoms with Crippen molar-refractivity contribution in [2.24, 2.45) is 0 Å². The van der Waals surface area contributed by atoms with Crippen LogP contribution in [0.4, 0.5) is 13.2 Å². The lowest BCUT2D eigenvalue weighted by Gasteiger charge is -2.33. The zero-order valence-electron chi connectivity index (χ0n) is 18.7. The van der Waals surface area contributed by atoms with Crippen molar-refractivity contribution in [3.63, 3.8) is 0 Å². The van der Waals surface area contributed by atoms with Crippen LogP contribution in [0.1, 0.15) is 44.9 Å². The highest BCUT2D eigenvalue weighted by Crippen LogP contribution is 2.31. The van der Waals surface area contributed by atoms with Crippen LogP contribution in [-0.2, 0) is 6.18 Å². The van der Waals surface area contributed by atoms with Gasteiger partial charge in [-0.3, -0.25) is 9.59 Å². The lowest BCUT2D eigenvalue weighted by Crippen LogP contribution is -2.45. The van der Waals surface area contributed by atoms with Crippen LogP contribution in [-0.4, -0.2) is 59.3 Å². The van der Waals surface area contributed by atoms with Crippen molar-refractivity contribution in [2.75, 3.05) is 26.2 Å². The maximum Gasteiger partial charge on any atom is 0.432 e. The minimum atomic E-state index is -4.84. The summed E-state index contributed by atoms with van der Waals surface area (Å²) in [6.45, 7) is 7.61. The second-order valence-electron chi connectivity index (χ2n) is 8.33. The topological polar surface area (TPSA) is 94.7 Å². The lowest BCUT2D eigenvalue weighted by molar-refractivity contribution is -0.141. The number of benzene rings is 1. The van der Waals surface area contributed by atoms with Gasteiger partial charge in [-0.25, -0.2) is 0 Å². The Morgan fingerprint density at radius 1 is 1.27 bits per heavy atom. The number of aliphatic hydroxyl groups excluding tert-OH is 1. The molecule has 0 unspecified atom stereocenters. The number of carbonyl (C=O) groups is 1. The molecule has 0 aliphatic carbocycles. The summed E-state index contributed by atoms with van der Waals surface area (Å²) in [5.74, 6) is -0.162. The monoisotopic (exact) mass is 487 g/mol. The Hall–Kier alpha value is -2.37. The van der Waals surface area contributed by atoms with Crippen LogP contribution in [0.3, 0.4) is 0 Å².